The molecule has 3 rings (SSSR count). The molecule has 3 aromatic rings. The van der Waals surface area contributed by atoms with E-state index in [0.717, 1.165) is 0 Å². The zero-order chi connectivity index (χ0) is 21.0. The number of hydrogen-bond donors (Lipinski definition) is 1. The largest absolute Gasteiger partial charge is 0.490 e. The highest BCUT2D eigenvalue weighted by molar-refractivity contribution is 5.79. The molecule has 152 valence electrons. The summed E-state index contributed by atoms with van der Waals surface area (Å²) in [4.78, 5) is 24.1. The van der Waals surface area contributed by atoms with Gasteiger partial charge in [0.1, 0.15) is 17.6 Å². The van der Waals surface area contributed by atoms with Crippen LogP contribution in [0.2, 0.25) is 0 Å². The maximum Gasteiger partial charge on any atom is 0.345 e. The van der Waals surface area contributed by atoms with Crippen molar-refractivity contribution in [1.82, 2.24) is 0 Å². The standard InChI is InChI=1S/C22H22O7/c1-4-26-16-7-5-6-8-17(16)29-19-12-27-18-11-14(9-10-15(18)20(19)23)28-21(13(2)3)22(24)25/h5-13,21H,4H2,1-3H3,(H,24,25). The first-order valence-corrected chi connectivity index (χ1v) is 9.25. The van der Waals surface area contributed by atoms with Gasteiger partial charge in [0.2, 0.25) is 11.2 Å². The Balaban J connectivity index is 1.91. The van der Waals surface area contributed by atoms with Crippen molar-refractivity contribution in [2.24, 2.45) is 5.92 Å². The summed E-state index contributed by atoms with van der Waals surface area (Å²) in [5.74, 6) is -0.0375. The Morgan fingerprint density at radius 3 is 2.48 bits per heavy atom. The summed E-state index contributed by atoms with van der Waals surface area (Å²) < 4.78 is 22.3. The number of carbonyl (C=O) groups is 1. The molecule has 0 spiro atoms. The average Bonchev–Trinajstić information content (AvgIpc) is 2.69. The fourth-order valence-corrected chi connectivity index (χ4v) is 2.78. The maximum atomic E-state index is 12.8. The van der Waals surface area contributed by atoms with Crippen LogP contribution in [0.3, 0.4) is 0 Å². The Morgan fingerprint density at radius 2 is 1.83 bits per heavy atom. The smallest absolute Gasteiger partial charge is 0.345 e. The third-order valence-electron chi connectivity index (χ3n) is 4.20. The molecule has 1 aromatic heterocycles. The number of aliphatic carboxylic acids is 1. The summed E-state index contributed by atoms with van der Waals surface area (Å²) in [7, 11) is 0. The zero-order valence-corrected chi connectivity index (χ0v) is 16.4. The van der Waals surface area contributed by atoms with Crippen LogP contribution in [0.1, 0.15) is 20.8 Å². The number of fused-ring (bicyclic) bond motifs is 1. The fourth-order valence-electron chi connectivity index (χ4n) is 2.78. The van der Waals surface area contributed by atoms with Crippen LogP contribution >= 0.6 is 0 Å². The van der Waals surface area contributed by atoms with Gasteiger partial charge in [-0.3, -0.25) is 4.79 Å². The van der Waals surface area contributed by atoms with E-state index < -0.39 is 12.1 Å². The number of rotatable bonds is 8. The van der Waals surface area contributed by atoms with Gasteiger partial charge in [-0.2, -0.15) is 0 Å². The number of hydrogen-bond acceptors (Lipinski definition) is 6. The molecular formula is C22H22O7. The number of benzene rings is 2. The normalized spacial score (nSPS) is 12.0. The van der Waals surface area contributed by atoms with Crippen LogP contribution in [0.5, 0.6) is 23.0 Å². The van der Waals surface area contributed by atoms with E-state index in [0.29, 0.717) is 29.2 Å². The van der Waals surface area contributed by atoms with E-state index in [2.05, 4.69) is 0 Å². The summed E-state index contributed by atoms with van der Waals surface area (Å²) in [6.07, 6.45) is 0.214. The molecule has 0 aliphatic carbocycles. The molecule has 0 saturated heterocycles. The van der Waals surface area contributed by atoms with E-state index in [1.165, 1.54) is 24.5 Å². The van der Waals surface area contributed by atoms with Crippen LogP contribution in [0.25, 0.3) is 11.0 Å². The molecule has 0 aliphatic rings. The Morgan fingerprint density at radius 1 is 1.10 bits per heavy atom. The van der Waals surface area contributed by atoms with Crippen LogP contribution in [0, 0.1) is 5.92 Å². The van der Waals surface area contributed by atoms with Gasteiger partial charge >= 0.3 is 5.97 Å². The molecule has 1 N–H and O–H groups in total. The lowest BCUT2D eigenvalue weighted by Gasteiger charge is -2.18. The Bertz CT molecular complexity index is 1070. The van der Waals surface area contributed by atoms with E-state index in [-0.39, 0.29) is 22.7 Å². The molecule has 0 fully saturated rings. The van der Waals surface area contributed by atoms with Gasteiger partial charge in [-0.05, 0) is 31.2 Å². The highest BCUT2D eigenvalue weighted by atomic mass is 16.5. The van der Waals surface area contributed by atoms with Crippen molar-refractivity contribution in [2.45, 2.75) is 26.9 Å². The summed E-state index contributed by atoms with van der Waals surface area (Å²) in [5, 5.41) is 9.57. The van der Waals surface area contributed by atoms with Crippen molar-refractivity contribution >= 4 is 16.9 Å². The molecule has 0 saturated carbocycles. The van der Waals surface area contributed by atoms with Gasteiger partial charge in [0.25, 0.3) is 0 Å². The molecule has 7 heteroatoms. The number of ether oxygens (including phenoxy) is 3. The topological polar surface area (TPSA) is 95.2 Å². The monoisotopic (exact) mass is 398 g/mol. The minimum Gasteiger partial charge on any atom is -0.490 e. The summed E-state index contributed by atoms with van der Waals surface area (Å²) in [6, 6.07) is 11.6. The highest BCUT2D eigenvalue weighted by Crippen LogP contribution is 2.31. The van der Waals surface area contributed by atoms with E-state index in [1.807, 2.05) is 13.0 Å². The predicted molar refractivity (Wildman–Crippen MR) is 107 cm³/mol. The summed E-state index contributed by atoms with van der Waals surface area (Å²) in [6.45, 7) is 5.82. The molecule has 1 atom stereocenters. The third-order valence-corrected chi connectivity index (χ3v) is 4.20. The first kappa shape index (κ1) is 20.3. The molecule has 7 nitrogen and oxygen atoms in total. The van der Waals surface area contributed by atoms with E-state index in [9.17, 15) is 14.7 Å². The van der Waals surface area contributed by atoms with Gasteiger partial charge in [0, 0.05) is 12.0 Å². The minimum atomic E-state index is -1.06. The highest BCUT2D eigenvalue weighted by Gasteiger charge is 2.24. The Labute approximate surface area is 167 Å². The van der Waals surface area contributed by atoms with Crippen molar-refractivity contribution in [3.8, 4) is 23.0 Å². The number of carboxylic acids is 1. The average molecular weight is 398 g/mol. The zero-order valence-electron chi connectivity index (χ0n) is 16.4. The van der Waals surface area contributed by atoms with E-state index in [1.54, 1.807) is 32.0 Å². The lowest BCUT2D eigenvalue weighted by Crippen LogP contribution is -2.32. The van der Waals surface area contributed by atoms with Gasteiger partial charge in [0.05, 0.1) is 12.0 Å². The quantitative estimate of drug-likeness (QED) is 0.598. The lowest BCUT2D eigenvalue weighted by molar-refractivity contribution is -0.147. The summed E-state index contributed by atoms with van der Waals surface area (Å²) >= 11 is 0. The number of carboxylic acid groups (broad SMARTS) is 1. The maximum absolute atomic E-state index is 12.8. The minimum absolute atomic E-state index is 0.0175. The third kappa shape index (κ3) is 4.51. The van der Waals surface area contributed by atoms with Crippen LogP contribution in [0.4, 0.5) is 0 Å². The second-order valence-corrected chi connectivity index (χ2v) is 6.69. The summed E-state index contributed by atoms with van der Waals surface area (Å²) in [5.41, 5.74) is -0.0893. The van der Waals surface area contributed by atoms with Gasteiger partial charge in [0.15, 0.2) is 17.6 Å². The molecule has 0 amide bonds. The van der Waals surface area contributed by atoms with Gasteiger partial charge < -0.3 is 23.7 Å². The van der Waals surface area contributed by atoms with Gasteiger partial charge in [-0.25, -0.2) is 4.79 Å². The van der Waals surface area contributed by atoms with Crippen molar-refractivity contribution in [1.29, 1.82) is 0 Å². The SMILES string of the molecule is CCOc1ccccc1Oc1coc2cc(OC(C(=O)O)C(C)C)ccc2c1=O. The second-order valence-electron chi connectivity index (χ2n) is 6.69. The Hall–Kier alpha value is -3.48. The molecule has 2 aromatic carbocycles. The van der Waals surface area contributed by atoms with Crippen molar-refractivity contribution in [3.05, 3.63) is 59.0 Å². The van der Waals surface area contributed by atoms with E-state index >= 15 is 0 Å². The lowest BCUT2D eigenvalue weighted by atomic mass is 10.1. The molecule has 0 bridgehead atoms. The second kappa shape index (κ2) is 8.68. The molecule has 1 heterocycles. The molecule has 0 radical (unpaired) electrons. The van der Waals surface area contributed by atoms with Gasteiger partial charge in [-0.15, -0.1) is 0 Å². The predicted octanol–water partition coefficient (Wildman–Crippen LogP) is 4.47. The van der Waals surface area contributed by atoms with Crippen molar-refractivity contribution < 1.29 is 28.5 Å². The van der Waals surface area contributed by atoms with E-state index in [4.69, 9.17) is 18.6 Å². The molecular weight excluding hydrogens is 376 g/mol. The fraction of sp³-hybridized carbons (Fsp3) is 0.273. The first-order valence-electron chi connectivity index (χ1n) is 9.25. The van der Waals surface area contributed by atoms with Crippen molar-refractivity contribution in [2.75, 3.05) is 6.61 Å². The van der Waals surface area contributed by atoms with Crippen molar-refractivity contribution in [3.63, 3.8) is 0 Å². The van der Waals surface area contributed by atoms with Crippen LogP contribution < -0.4 is 19.6 Å². The van der Waals surface area contributed by atoms with Crippen LogP contribution in [-0.2, 0) is 4.79 Å². The molecule has 0 aliphatic heterocycles. The molecule has 1 unspecified atom stereocenters. The van der Waals surface area contributed by atoms with Gasteiger partial charge in [-0.1, -0.05) is 26.0 Å². The Kier molecular flexibility index (Phi) is 6.07. The first-order chi connectivity index (χ1) is 13.9. The number of para-hydroxylation sites is 2. The molecule has 29 heavy (non-hydrogen) atoms. The van der Waals surface area contributed by atoms with Crippen LogP contribution in [-0.4, -0.2) is 23.8 Å². The van der Waals surface area contributed by atoms with Crippen LogP contribution in [0.15, 0.2) is 57.9 Å².